The van der Waals surface area contributed by atoms with Gasteiger partial charge in [0.05, 0.1) is 25.0 Å². The standard InChI is InChI=1S/C8H12ClN3O/c1-2-6(5-13)11-8-4-10-3-7(9)12-8/h3-4,6,13H,2,5H2,1H3,(H,11,12)/t6-/m0/s1. The molecule has 1 rings (SSSR count). The molecule has 0 saturated carbocycles. The highest BCUT2D eigenvalue weighted by Gasteiger charge is 2.04. The summed E-state index contributed by atoms with van der Waals surface area (Å²) < 4.78 is 0. The largest absolute Gasteiger partial charge is 0.394 e. The molecule has 0 amide bonds. The predicted molar refractivity (Wildman–Crippen MR) is 51.8 cm³/mol. The quantitative estimate of drug-likeness (QED) is 0.772. The number of nitrogens with one attached hydrogen (secondary N) is 1. The normalized spacial score (nSPS) is 12.5. The third-order valence-electron chi connectivity index (χ3n) is 1.67. The predicted octanol–water partition coefficient (Wildman–Crippen LogP) is 1.31. The molecule has 0 fully saturated rings. The Balaban J connectivity index is 2.62. The Labute approximate surface area is 82.0 Å². The summed E-state index contributed by atoms with van der Waals surface area (Å²) in [5, 5.41) is 12.3. The van der Waals surface area contributed by atoms with Gasteiger partial charge in [-0.3, -0.25) is 4.98 Å². The van der Waals surface area contributed by atoms with Gasteiger partial charge in [0.25, 0.3) is 0 Å². The van der Waals surface area contributed by atoms with Crippen molar-refractivity contribution in [1.82, 2.24) is 9.97 Å². The van der Waals surface area contributed by atoms with Crippen molar-refractivity contribution in [3.05, 3.63) is 17.5 Å². The Morgan fingerprint density at radius 1 is 1.62 bits per heavy atom. The average molecular weight is 202 g/mol. The zero-order valence-electron chi connectivity index (χ0n) is 7.37. The van der Waals surface area contributed by atoms with Crippen LogP contribution in [0.5, 0.6) is 0 Å². The summed E-state index contributed by atoms with van der Waals surface area (Å²) in [5.41, 5.74) is 0. The topological polar surface area (TPSA) is 58.0 Å². The average Bonchev–Trinajstić information content (AvgIpc) is 2.14. The Morgan fingerprint density at radius 3 is 2.92 bits per heavy atom. The summed E-state index contributed by atoms with van der Waals surface area (Å²) >= 11 is 5.64. The molecule has 0 bridgehead atoms. The van der Waals surface area contributed by atoms with E-state index in [1.165, 1.54) is 6.20 Å². The van der Waals surface area contributed by atoms with Crippen LogP contribution in [0.3, 0.4) is 0 Å². The van der Waals surface area contributed by atoms with Gasteiger partial charge in [-0.1, -0.05) is 18.5 Å². The van der Waals surface area contributed by atoms with Crippen molar-refractivity contribution in [3.8, 4) is 0 Å². The maximum Gasteiger partial charge on any atom is 0.149 e. The first-order valence-corrected chi connectivity index (χ1v) is 4.49. The van der Waals surface area contributed by atoms with Crippen molar-refractivity contribution in [2.45, 2.75) is 19.4 Å². The van der Waals surface area contributed by atoms with E-state index in [1.54, 1.807) is 6.20 Å². The molecule has 0 saturated heterocycles. The van der Waals surface area contributed by atoms with Crippen molar-refractivity contribution >= 4 is 17.4 Å². The number of hydrogen-bond donors (Lipinski definition) is 2. The van der Waals surface area contributed by atoms with E-state index in [4.69, 9.17) is 16.7 Å². The molecular formula is C8H12ClN3O. The van der Waals surface area contributed by atoms with Crippen LogP contribution in [0.1, 0.15) is 13.3 Å². The number of rotatable bonds is 4. The molecular weight excluding hydrogens is 190 g/mol. The summed E-state index contributed by atoms with van der Waals surface area (Å²) in [6.07, 6.45) is 3.86. The highest BCUT2D eigenvalue weighted by Crippen LogP contribution is 2.08. The fourth-order valence-electron chi connectivity index (χ4n) is 0.898. The lowest BCUT2D eigenvalue weighted by molar-refractivity contribution is 0.271. The molecule has 0 aliphatic heterocycles. The number of anilines is 1. The van der Waals surface area contributed by atoms with Crippen LogP contribution in [0.4, 0.5) is 5.82 Å². The minimum atomic E-state index is 0.00719. The molecule has 4 nitrogen and oxygen atoms in total. The molecule has 1 aromatic rings. The molecule has 0 radical (unpaired) electrons. The van der Waals surface area contributed by atoms with Crippen LogP contribution in [0.25, 0.3) is 0 Å². The van der Waals surface area contributed by atoms with E-state index in [0.717, 1.165) is 6.42 Å². The lowest BCUT2D eigenvalue weighted by Gasteiger charge is -2.13. The maximum atomic E-state index is 8.91. The van der Waals surface area contributed by atoms with Crippen LogP contribution in [-0.4, -0.2) is 27.7 Å². The van der Waals surface area contributed by atoms with Crippen molar-refractivity contribution in [2.75, 3.05) is 11.9 Å². The van der Waals surface area contributed by atoms with E-state index in [9.17, 15) is 0 Å². The molecule has 13 heavy (non-hydrogen) atoms. The second-order valence-corrected chi connectivity index (χ2v) is 3.05. The lowest BCUT2D eigenvalue weighted by Crippen LogP contribution is -2.23. The first kappa shape index (κ1) is 10.2. The van der Waals surface area contributed by atoms with E-state index in [0.29, 0.717) is 11.0 Å². The number of nitrogens with zero attached hydrogens (tertiary/aromatic N) is 2. The van der Waals surface area contributed by atoms with Crippen LogP contribution in [0.15, 0.2) is 12.4 Å². The van der Waals surface area contributed by atoms with Crippen LogP contribution < -0.4 is 5.32 Å². The number of aliphatic hydroxyl groups excluding tert-OH is 1. The second kappa shape index (κ2) is 4.99. The van der Waals surface area contributed by atoms with Crippen LogP contribution in [0, 0.1) is 0 Å². The highest BCUT2D eigenvalue weighted by molar-refractivity contribution is 6.29. The molecule has 1 aromatic heterocycles. The van der Waals surface area contributed by atoms with Gasteiger partial charge in [-0.25, -0.2) is 4.98 Å². The second-order valence-electron chi connectivity index (χ2n) is 2.66. The van der Waals surface area contributed by atoms with E-state index < -0.39 is 0 Å². The number of halogens is 1. The third kappa shape index (κ3) is 3.16. The molecule has 0 aliphatic carbocycles. The molecule has 1 heterocycles. The zero-order chi connectivity index (χ0) is 9.68. The summed E-state index contributed by atoms with van der Waals surface area (Å²) in [7, 11) is 0. The summed E-state index contributed by atoms with van der Waals surface area (Å²) in [6, 6.07) is 0.00719. The molecule has 1 atom stereocenters. The Kier molecular flexibility index (Phi) is 3.92. The van der Waals surface area contributed by atoms with Gasteiger partial charge in [-0.15, -0.1) is 0 Å². The summed E-state index contributed by atoms with van der Waals surface area (Å²) in [6.45, 7) is 2.05. The Bertz CT molecular complexity index is 265. The smallest absolute Gasteiger partial charge is 0.149 e. The molecule has 5 heteroatoms. The van der Waals surface area contributed by atoms with Crippen molar-refractivity contribution in [1.29, 1.82) is 0 Å². The summed E-state index contributed by atoms with van der Waals surface area (Å²) in [5.74, 6) is 0.591. The number of aliphatic hydroxyl groups is 1. The van der Waals surface area contributed by atoms with Gasteiger partial charge in [-0.05, 0) is 6.42 Å². The van der Waals surface area contributed by atoms with Crippen LogP contribution >= 0.6 is 11.6 Å². The highest BCUT2D eigenvalue weighted by atomic mass is 35.5. The van der Waals surface area contributed by atoms with Gasteiger partial charge in [0.15, 0.2) is 0 Å². The summed E-state index contributed by atoms with van der Waals surface area (Å²) in [4.78, 5) is 7.86. The Morgan fingerprint density at radius 2 is 2.38 bits per heavy atom. The van der Waals surface area contributed by atoms with E-state index >= 15 is 0 Å². The molecule has 72 valence electrons. The van der Waals surface area contributed by atoms with E-state index in [2.05, 4.69) is 15.3 Å². The molecule has 2 N–H and O–H groups in total. The van der Waals surface area contributed by atoms with Gasteiger partial charge in [-0.2, -0.15) is 0 Å². The van der Waals surface area contributed by atoms with Gasteiger partial charge >= 0.3 is 0 Å². The van der Waals surface area contributed by atoms with E-state index in [-0.39, 0.29) is 12.6 Å². The number of aromatic nitrogens is 2. The SMILES string of the molecule is CC[C@@H](CO)Nc1cncc(Cl)n1. The van der Waals surface area contributed by atoms with Gasteiger partial charge in [0.1, 0.15) is 11.0 Å². The molecule has 0 unspecified atom stereocenters. The zero-order valence-corrected chi connectivity index (χ0v) is 8.12. The van der Waals surface area contributed by atoms with Crippen LogP contribution in [0.2, 0.25) is 5.15 Å². The fraction of sp³-hybridized carbons (Fsp3) is 0.500. The first-order chi connectivity index (χ1) is 6.26. The monoisotopic (exact) mass is 201 g/mol. The van der Waals surface area contributed by atoms with Gasteiger partial charge < -0.3 is 10.4 Å². The minimum absolute atomic E-state index is 0.00719. The van der Waals surface area contributed by atoms with Crippen molar-refractivity contribution in [2.24, 2.45) is 0 Å². The number of hydrogen-bond acceptors (Lipinski definition) is 4. The fourth-order valence-corrected chi connectivity index (χ4v) is 1.05. The first-order valence-electron chi connectivity index (χ1n) is 4.11. The third-order valence-corrected chi connectivity index (χ3v) is 1.85. The van der Waals surface area contributed by atoms with Crippen LogP contribution in [-0.2, 0) is 0 Å². The lowest BCUT2D eigenvalue weighted by atomic mass is 10.2. The molecule has 0 aliphatic rings. The Hall–Kier alpha value is -0.870. The molecule has 0 aromatic carbocycles. The maximum absolute atomic E-state index is 8.91. The van der Waals surface area contributed by atoms with Gasteiger partial charge in [0, 0.05) is 0 Å². The van der Waals surface area contributed by atoms with E-state index in [1.807, 2.05) is 6.92 Å². The van der Waals surface area contributed by atoms with Crippen molar-refractivity contribution in [3.63, 3.8) is 0 Å². The van der Waals surface area contributed by atoms with Crippen molar-refractivity contribution < 1.29 is 5.11 Å². The molecule has 0 spiro atoms. The van der Waals surface area contributed by atoms with Gasteiger partial charge in [0.2, 0.25) is 0 Å². The minimum Gasteiger partial charge on any atom is -0.394 e.